The van der Waals surface area contributed by atoms with Crippen molar-refractivity contribution in [2.75, 3.05) is 4.90 Å². The molecule has 0 N–H and O–H groups in total. The van der Waals surface area contributed by atoms with Crippen LogP contribution in [-0.2, 0) is 5.41 Å². The van der Waals surface area contributed by atoms with Gasteiger partial charge < -0.3 is 13.7 Å². The Morgan fingerprint density at radius 2 is 0.967 bits per heavy atom. The van der Waals surface area contributed by atoms with Crippen molar-refractivity contribution in [3.63, 3.8) is 0 Å². The van der Waals surface area contributed by atoms with E-state index in [4.69, 9.17) is 23.8 Å². The Morgan fingerprint density at radius 1 is 0.400 bits per heavy atom. The van der Waals surface area contributed by atoms with Gasteiger partial charge in [0.2, 0.25) is 0 Å². The first-order valence-electron chi connectivity index (χ1n) is 20.3. The van der Waals surface area contributed by atoms with Gasteiger partial charge in [0, 0.05) is 55.4 Å². The Bertz CT molecular complexity index is 3420. The number of para-hydroxylation sites is 2. The molecule has 1 aliphatic carbocycles. The lowest BCUT2D eigenvalue weighted by Crippen LogP contribution is -2.16. The molecule has 0 spiro atoms. The van der Waals surface area contributed by atoms with Gasteiger partial charge in [-0.2, -0.15) is 0 Å². The van der Waals surface area contributed by atoms with Gasteiger partial charge >= 0.3 is 0 Å². The van der Waals surface area contributed by atoms with E-state index >= 15 is 0 Å². The van der Waals surface area contributed by atoms with Crippen molar-refractivity contribution >= 4 is 60.9 Å². The summed E-state index contributed by atoms with van der Waals surface area (Å²) in [5.74, 6) is 1.81. The van der Waals surface area contributed by atoms with Crippen LogP contribution in [0.25, 0.3) is 89.2 Å². The van der Waals surface area contributed by atoms with Gasteiger partial charge in [0.05, 0.1) is 11.4 Å². The first-order valence-corrected chi connectivity index (χ1v) is 20.3. The third-order valence-electron chi connectivity index (χ3n) is 12.1. The molecule has 6 nitrogen and oxygen atoms in total. The SMILES string of the molecule is CC1(C)c2ccccc2-c2ccc(N(c3ccc4c(c3)oc3ccccc34)c3cccc4c3oc3cc(-c5nc(-c6ccccc6)nc(-c6ccccc6)n5)ccc34)cc21. The summed E-state index contributed by atoms with van der Waals surface area (Å²) >= 11 is 0. The average Bonchev–Trinajstić information content (AvgIpc) is 3.94. The summed E-state index contributed by atoms with van der Waals surface area (Å²) in [6, 6.07) is 63.1. The molecule has 6 heteroatoms. The van der Waals surface area contributed by atoms with Crippen molar-refractivity contribution in [1.29, 1.82) is 0 Å². The standard InChI is InChI=1S/C54H36N4O2/c1-54(2)44-21-11-9-18-38(44)39-28-25-36(31-45(39)54)58(37-26-29-41-40-19-10-12-23-47(40)59-49(41)32-37)46-22-13-20-43-42-27-24-35(30-48(42)60-50(43)46)53-56-51(33-14-5-3-6-15-33)55-52(57-53)34-16-7-4-8-17-34/h3-32H,1-2H3. The van der Waals surface area contributed by atoms with Crippen LogP contribution in [0.3, 0.4) is 0 Å². The van der Waals surface area contributed by atoms with Crippen molar-refractivity contribution < 1.29 is 8.83 Å². The van der Waals surface area contributed by atoms with Gasteiger partial charge in [0.1, 0.15) is 16.7 Å². The Balaban J connectivity index is 1.04. The van der Waals surface area contributed by atoms with Crippen LogP contribution in [0.2, 0.25) is 0 Å². The monoisotopic (exact) mass is 772 g/mol. The summed E-state index contributed by atoms with van der Waals surface area (Å²) in [6.45, 7) is 4.64. The minimum atomic E-state index is -0.173. The second-order valence-corrected chi connectivity index (χ2v) is 16.0. The predicted molar refractivity (Wildman–Crippen MR) is 243 cm³/mol. The highest BCUT2D eigenvalue weighted by atomic mass is 16.3. The molecule has 3 aromatic heterocycles. The molecule has 8 aromatic carbocycles. The second kappa shape index (κ2) is 13.1. The van der Waals surface area contributed by atoms with Crippen molar-refractivity contribution in [2.24, 2.45) is 0 Å². The second-order valence-electron chi connectivity index (χ2n) is 16.0. The van der Waals surface area contributed by atoms with Crippen molar-refractivity contribution in [2.45, 2.75) is 19.3 Å². The Hall–Kier alpha value is -7.83. The summed E-state index contributed by atoms with van der Waals surface area (Å²) < 4.78 is 13.4. The summed E-state index contributed by atoms with van der Waals surface area (Å²) in [5, 5.41) is 4.21. The lowest BCUT2D eigenvalue weighted by Gasteiger charge is -2.28. The summed E-state index contributed by atoms with van der Waals surface area (Å²) in [5.41, 5.74) is 13.9. The molecule has 0 atom stereocenters. The number of furan rings is 2. The maximum absolute atomic E-state index is 6.98. The third-order valence-corrected chi connectivity index (χ3v) is 12.1. The smallest absolute Gasteiger partial charge is 0.164 e. The van der Waals surface area contributed by atoms with Gasteiger partial charge in [0.15, 0.2) is 23.1 Å². The summed E-state index contributed by atoms with van der Waals surface area (Å²) in [6.07, 6.45) is 0. The van der Waals surface area contributed by atoms with Crippen molar-refractivity contribution in [3.05, 3.63) is 193 Å². The zero-order chi connectivity index (χ0) is 40.0. The summed E-state index contributed by atoms with van der Waals surface area (Å²) in [4.78, 5) is 17.2. The van der Waals surface area contributed by atoms with E-state index in [0.29, 0.717) is 17.5 Å². The first-order chi connectivity index (χ1) is 29.5. The molecular formula is C54H36N4O2. The Morgan fingerprint density at radius 3 is 1.75 bits per heavy atom. The molecule has 0 saturated carbocycles. The molecule has 0 unspecified atom stereocenters. The third kappa shape index (κ3) is 5.31. The zero-order valence-electron chi connectivity index (χ0n) is 32.9. The molecule has 0 fully saturated rings. The lowest BCUT2D eigenvalue weighted by atomic mass is 9.82. The molecule has 0 amide bonds. The molecule has 12 rings (SSSR count). The van der Waals surface area contributed by atoms with Crippen molar-refractivity contribution in [1.82, 2.24) is 15.0 Å². The van der Waals surface area contributed by atoms with Crippen LogP contribution < -0.4 is 4.90 Å². The van der Waals surface area contributed by atoms with Gasteiger partial charge in [0.25, 0.3) is 0 Å². The van der Waals surface area contributed by atoms with Gasteiger partial charge in [-0.05, 0) is 70.8 Å². The van der Waals surface area contributed by atoms with Crippen LogP contribution in [0.1, 0.15) is 25.0 Å². The van der Waals surface area contributed by atoms with Gasteiger partial charge in [-0.15, -0.1) is 0 Å². The van der Waals surface area contributed by atoms with Crippen LogP contribution in [0.4, 0.5) is 17.1 Å². The van der Waals surface area contributed by atoms with E-state index in [1.54, 1.807) is 0 Å². The average molecular weight is 773 g/mol. The number of benzene rings is 8. The number of rotatable bonds is 6. The van der Waals surface area contributed by atoms with Crippen LogP contribution >= 0.6 is 0 Å². The molecule has 0 bridgehead atoms. The van der Waals surface area contributed by atoms with Crippen LogP contribution in [0, 0.1) is 0 Å². The van der Waals surface area contributed by atoms with E-state index in [-0.39, 0.29) is 5.41 Å². The fraction of sp³-hybridized carbons (Fsp3) is 0.0556. The van der Waals surface area contributed by atoms with E-state index in [1.807, 2.05) is 72.8 Å². The normalized spacial score (nSPS) is 13.0. The van der Waals surface area contributed by atoms with Gasteiger partial charge in [-0.3, -0.25) is 0 Å². The van der Waals surface area contributed by atoms with Crippen LogP contribution in [0.15, 0.2) is 191 Å². The molecule has 60 heavy (non-hydrogen) atoms. The fourth-order valence-corrected chi connectivity index (χ4v) is 9.15. The number of anilines is 3. The molecule has 0 aliphatic heterocycles. The van der Waals surface area contributed by atoms with E-state index in [0.717, 1.165) is 77.6 Å². The minimum absolute atomic E-state index is 0.173. The number of hydrogen-bond acceptors (Lipinski definition) is 6. The highest BCUT2D eigenvalue weighted by Gasteiger charge is 2.36. The molecule has 284 valence electrons. The molecule has 0 radical (unpaired) electrons. The maximum atomic E-state index is 6.98. The first kappa shape index (κ1) is 34.2. The molecular weight excluding hydrogens is 737 g/mol. The van der Waals surface area contributed by atoms with Crippen LogP contribution in [-0.4, -0.2) is 15.0 Å². The molecule has 11 aromatic rings. The van der Waals surface area contributed by atoms with E-state index in [9.17, 15) is 0 Å². The number of fused-ring (bicyclic) bond motifs is 9. The molecule has 1 aliphatic rings. The number of aromatic nitrogens is 3. The lowest BCUT2D eigenvalue weighted by molar-refractivity contribution is 0.660. The summed E-state index contributed by atoms with van der Waals surface area (Å²) in [7, 11) is 0. The minimum Gasteiger partial charge on any atom is -0.456 e. The number of hydrogen-bond donors (Lipinski definition) is 0. The Labute approximate surface area is 346 Å². The highest BCUT2D eigenvalue weighted by molar-refractivity contribution is 6.12. The molecule has 3 heterocycles. The zero-order valence-corrected chi connectivity index (χ0v) is 32.9. The van der Waals surface area contributed by atoms with Gasteiger partial charge in [-0.1, -0.05) is 141 Å². The van der Waals surface area contributed by atoms with Gasteiger partial charge in [-0.25, -0.2) is 15.0 Å². The van der Waals surface area contributed by atoms with E-state index in [2.05, 4.69) is 128 Å². The Kier molecular flexibility index (Phi) is 7.47. The van der Waals surface area contributed by atoms with E-state index < -0.39 is 0 Å². The quantitative estimate of drug-likeness (QED) is 0.168. The fourth-order valence-electron chi connectivity index (χ4n) is 9.15. The number of nitrogens with zero attached hydrogens (tertiary/aromatic N) is 4. The molecule has 0 saturated heterocycles. The maximum Gasteiger partial charge on any atom is 0.164 e. The topological polar surface area (TPSA) is 68.2 Å². The van der Waals surface area contributed by atoms with Crippen LogP contribution in [0.5, 0.6) is 0 Å². The van der Waals surface area contributed by atoms with Crippen molar-refractivity contribution in [3.8, 4) is 45.3 Å². The van der Waals surface area contributed by atoms with E-state index in [1.165, 1.54) is 22.3 Å². The predicted octanol–water partition coefficient (Wildman–Crippen LogP) is 14.4. The highest BCUT2D eigenvalue weighted by Crippen LogP contribution is 2.51. The largest absolute Gasteiger partial charge is 0.456 e.